The molecule has 1 fully saturated rings. The van der Waals surface area contributed by atoms with Crippen LogP contribution in [0.4, 0.5) is 0 Å². The molecule has 0 amide bonds. The van der Waals surface area contributed by atoms with Gasteiger partial charge in [0.2, 0.25) is 0 Å². The van der Waals surface area contributed by atoms with E-state index in [4.69, 9.17) is 9.84 Å². The molecule has 1 saturated heterocycles. The molecule has 98 valence electrons. The summed E-state index contributed by atoms with van der Waals surface area (Å²) >= 11 is 0. The van der Waals surface area contributed by atoms with Gasteiger partial charge in [-0.05, 0) is 12.8 Å². The van der Waals surface area contributed by atoms with Gasteiger partial charge in [0.05, 0.1) is 6.42 Å². The lowest BCUT2D eigenvalue weighted by Crippen LogP contribution is -2.23. The first-order valence-corrected chi connectivity index (χ1v) is 6.57. The maximum absolute atomic E-state index is 11.1. The highest BCUT2D eigenvalue weighted by Gasteiger charge is 2.39. The van der Waals surface area contributed by atoms with Gasteiger partial charge in [0.25, 0.3) is 0 Å². The molecule has 4 nitrogen and oxygen atoms in total. The van der Waals surface area contributed by atoms with E-state index in [1.165, 1.54) is 25.7 Å². The minimum absolute atomic E-state index is 0.0375. The topological polar surface area (TPSA) is 63.6 Å². The van der Waals surface area contributed by atoms with Gasteiger partial charge in [-0.1, -0.05) is 39.0 Å². The van der Waals surface area contributed by atoms with E-state index in [9.17, 15) is 9.59 Å². The number of hydrogen-bond donors (Lipinski definition) is 1. The summed E-state index contributed by atoms with van der Waals surface area (Å²) in [4.78, 5) is 22.0. The summed E-state index contributed by atoms with van der Waals surface area (Å²) in [6.45, 7) is 2.18. The van der Waals surface area contributed by atoms with E-state index < -0.39 is 18.0 Å². The molecule has 0 radical (unpaired) electrons. The Balaban J connectivity index is 2.17. The maximum Gasteiger partial charge on any atom is 0.310 e. The van der Waals surface area contributed by atoms with Gasteiger partial charge in [0.1, 0.15) is 12.0 Å². The predicted octanol–water partition coefficient (Wildman–Crippen LogP) is 2.75. The van der Waals surface area contributed by atoms with E-state index in [2.05, 4.69) is 6.92 Å². The Hall–Kier alpha value is -1.06. The van der Waals surface area contributed by atoms with Gasteiger partial charge in [0.15, 0.2) is 0 Å². The molecule has 1 aliphatic rings. The van der Waals surface area contributed by atoms with Gasteiger partial charge in [-0.3, -0.25) is 9.59 Å². The van der Waals surface area contributed by atoms with Crippen LogP contribution in [0.25, 0.3) is 0 Å². The number of hydrogen-bond acceptors (Lipinski definition) is 3. The van der Waals surface area contributed by atoms with Crippen molar-refractivity contribution in [1.29, 1.82) is 0 Å². The van der Waals surface area contributed by atoms with Crippen LogP contribution in [0.15, 0.2) is 0 Å². The summed E-state index contributed by atoms with van der Waals surface area (Å²) in [7, 11) is 0. The molecule has 17 heavy (non-hydrogen) atoms. The highest BCUT2D eigenvalue weighted by atomic mass is 16.6. The smallest absolute Gasteiger partial charge is 0.310 e. The second-order valence-electron chi connectivity index (χ2n) is 4.73. The minimum atomic E-state index is -0.910. The Kier molecular flexibility index (Phi) is 6.01. The van der Waals surface area contributed by atoms with Crippen molar-refractivity contribution < 1.29 is 19.4 Å². The normalized spacial score (nSPS) is 23.7. The monoisotopic (exact) mass is 242 g/mol. The van der Waals surface area contributed by atoms with Crippen LogP contribution >= 0.6 is 0 Å². The molecule has 0 spiro atoms. The predicted molar refractivity (Wildman–Crippen MR) is 63.6 cm³/mol. The van der Waals surface area contributed by atoms with E-state index in [-0.39, 0.29) is 12.4 Å². The molecule has 1 N–H and O–H groups in total. The summed E-state index contributed by atoms with van der Waals surface area (Å²) in [5, 5.41) is 8.94. The molecule has 1 heterocycles. The van der Waals surface area contributed by atoms with E-state index in [0.29, 0.717) is 6.42 Å². The molecule has 0 saturated carbocycles. The lowest BCUT2D eigenvalue weighted by atomic mass is 9.96. The zero-order valence-electron chi connectivity index (χ0n) is 10.5. The summed E-state index contributed by atoms with van der Waals surface area (Å²) in [6.07, 6.45) is 7.29. The van der Waals surface area contributed by atoms with Crippen molar-refractivity contribution in [2.24, 2.45) is 5.92 Å². The zero-order chi connectivity index (χ0) is 12.7. The molecular weight excluding hydrogens is 220 g/mol. The average molecular weight is 242 g/mol. The van der Waals surface area contributed by atoms with Crippen molar-refractivity contribution in [1.82, 2.24) is 0 Å². The Morgan fingerprint density at radius 1 is 1.29 bits per heavy atom. The Bertz CT molecular complexity index is 262. The van der Waals surface area contributed by atoms with Gasteiger partial charge in [0, 0.05) is 0 Å². The number of ether oxygens (including phenoxy) is 1. The maximum atomic E-state index is 11.1. The van der Waals surface area contributed by atoms with Crippen LogP contribution in [-0.2, 0) is 14.3 Å². The fourth-order valence-electron chi connectivity index (χ4n) is 2.24. The van der Waals surface area contributed by atoms with E-state index in [1.807, 2.05) is 0 Å². The van der Waals surface area contributed by atoms with Crippen LogP contribution in [0.5, 0.6) is 0 Å². The Morgan fingerprint density at radius 3 is 2.59 bits per heavy atom. The molecular formula is C13H22O4. The molecule has 0 bridgehead atoms. The largest absolute Gasteiger partial charge is 0.481 e. The summed E-state index contributed by atoms with van der Waals surface area (Å²) < 4.78 is 5.04. The third-order valence-electron chi connectivity index (χ3n) is 3.28. The summed E-state index contributed by atoms with van der Waals surface area (Å²) in [5.41, 5.74) is 0. The number of carboxylic acids is 1. The highest BCUT2D eigenvalue weighted by Crippen LogP contribution is 2.26. The summed E-state index contributed by atoms with van der Waals surface area (Å²) in [6, 6.07) is 0. The molecule has 1 aliphatic heterocycles. The molecule has 4 heteroatoms. The van der Waals surface area contributed by atoms with Gasteiger partial charge in [-0.2, -0.15) is 0 Å². The molecule has 0 aromatic carbocycles. The van der Waals surface area contributed by atoms with Gasteiger partial charge in [-0.15, -0.1) is 0 Å². The van der Waals surface area contributed by atoms with Crippen molar-refractivity contribution >= 4 is 11.9 Å². The van der Waals surface area contributed by atoms with Crippen LogP contribution in [0.3, 0.4) is 0 Å². The Labute approximate surface area is 102 Å². The van der Waals surface area contributed by atoms with Crippen molar-refractivity contribution in [3.8, 4) is 0 Å². The van der Waals surface area contributed by atoms with E-state index >= 15 is 0 Å². The first-order chi connectivity index (χ1) is 8.15. The van der Waals surface area contributed by atoms with E-state index in [1.54, 1.807) is 0 Å². The van der Waals surface area contributed by atoms with Crippen LogP contribution in [-0.4, -0.2) is 23.1 Å². The molecule has 0 aliphatic carbocycles. The van der Waals surface area contributed by atoms with Crippen molar-refractivity contribution in [3.63, 3.8) is 0 Å². The molecule has 2 atom stereocenters. The third-order valence-corrected chi connectivity index (χ3v) is 3.28. The number of rotatable bonds is 8. The number of aliphatic carboxylic acids is 1. The van der Waals surface area contributed by atoms with E-state index in [0.717, 1.165) is 12.8 Å². The lowest BCUT2D eigenvalue weighted by Gasteiger charge is -2.13. The SMILES string of the molecule is CCCCCCCC[C@H]1OC(=O)C[C@@H]1C(=O)O. The molecule has 1 rings (SSSR count). The Morgan fingerprint density at radius 2 is 1.94 bits per heavy atom. The van der Waals surface area contributed by atoms with Crippen molar-refractivity contribution in [2.75, 3.05) is 0 Å². The first-order valence-electron chi connectivity index (χ1n) is 6.57. The zero-order valence-corrected chi connectivity index (χ0v) is 10.5. The molecule has 0 aromatic heterocycles. The van der Waals surface area contributed by atoms with Crippen LogP contribution in [0.2, 0.25) is 0 Å². The third kappa shape index (κ3) is 4.75. The van der Waals surface area contributed by atoms with Crippen LogP contribution < -0.4 is 0 Å². The molecule has 0 aromatic rings. The number of carbonyl (C=O) groups is 2. The fraction of sp³-hybridized carbons (Fsp3) is 0.846. The standard InChI is InChI=1S/C13H22O4/c1-2-3-4-5-6-7-8-11-10(13(15)16)9-12(14)17-11/h10-11H,2-9H2,1H3,(H,15,16)/t10-,11+/m0/s1. The van der Waals surface area contributed by atoms with Gasteiger partial charge < -0.3 is 9.84 Å². The summed E-state index contributed by atoms with van der Waals surface area (Å²) in [5.74, 6) is -1.90. The second-order valence-corrected chi connectivity index (χ2v) is 4.73. The van der Waals surface area contributed by atoms with Crippen LogP contribution in [0.1, 0.15) is 58.3 Å². The lowest BCUT2D eigenvalue weighted by molar-refractivity contribution is -0.144. The van der Waals surface area contributed by atoms with Crippen molar-refractivity contribution in [3.05, 3.63) is 0 Å². The van der Waals surface area contributed by atoms with Gasteiger partial charge in [-0.25, -0.2) is 0 Å². The van der Waals surface area contributed by atoms with Crippen molar-refractivity contribution in [2.45, 2.75) is 64.4 Å². The average Bonchev–Trinajstić information content (AvgIpc) is 2.65. The fourth-order valence-corrected chi connectivity index (χ4v) is 2.24. The quantitative estimate of drug-likeness (QED) is 0.525. The second kappa shape index (κ2) is 7.30. The number of carbonyl (C=O) groups excluding carboxylic acids is 1. The highest BCUT2D eigenvalue weighted by molar-refractivity contribution is 5.82. The van der Waals surface area contributed by atoms with Gasteiger partial charge >= 0.3 is 11.9 Å². The molecule has 0 unspecified atom stereocenters. The first kappa shape index (κ1) is 14.0. The number of carboxylic acid groups (broad SMARTS) is 1. The number of esters is 1. The number of cyclic esters (lactones) is 1. The minimum Gasteiger partial charge on any atom is -0.481 e. The van der Waals surface area contributed by atoms with Crippen LogP contribution in [0, 0.1) is 5.92 Å². The number of unbranched alkanes of at least 4 members (excludes halogenated alkanes) is 5.